The number of hydrogen-bond donors (Lipinski definition) is 4. The third kappa shape index (κ3) is 17.3. The summed E-state index contributed by atoms with van der Waals surface area (Å²) in [6.07, 6.45) is 3.22. The van der Waals surface area contributed by atoms with Gasteiger partial charge in [0.15, 0.2) is 11.9 Å². The monoisotopic (exact) mass is 1000 g/mol. The number of likely N-dealkylation sites (N-methyl/N-ethyl adjacent to an activating group) is 1. The van der Waals surface area contributed by atoms with Crippen LogP contribution in [-0.4, -0.2) is 130 Å². The van der Waals surface area contributed by atoms with Crippen LogP contribution in [-0.2, 0) is 51.1 Å². The minimum absolute atomic E-state index is 0.0367. The third-order valence-electron chi connectivity index (χ3n) is 12.8. The van der Waals surface area contributed by atoms with Crippen molar-refractivity contribution in [3.05, 3.63) is 55.7 Å². The molecule has 2 aliphatic heterocycles. The van der Waals surface area contributed by atoms with Crippen molar-refractivity contribution in [2.75, 3.05) is 45.5 Å². The average molecular weight is 1000 g/mol. The summed E-state index contributed by atoms with van der Waals surface area (Å²) < 4.78 is 11.4. The van der Waals surface area contributed by atoms with Gasteiger partial charge >= 0.3 is 11.9 Å². The summed E-state index contributed by atoms with van der Waals surface area (Å²) in [6.45, 7) is 12.3. The molecule has 3 heterocycles. The molecule has 4 rings (SSSR count). The number of amides is 3. The fourth-order valence-electron chi connectivity index (χ4n) is 8.56. The van der Waals surface area contributed by atoms with Crippen LogP contribution in [0.25, 0.3) is 0 Å². The molecule has 19 heteroatoms. The molecule has 1 fully saturated rings. The maximum absolute atomic E-state index is 14.4. The number of aliphatic carboxylic acids is 1. The van der Waals surface area contributed by atoms with E-state index in [0.717, 1.165) is 48.6 Å². The highest BCUT2D eigenvalue weighted by molar-refractivity contribution is 8.22. The van der Waals surface area contributed by atoms with Gasteiger partial charge in [-0.1, -0.05) is 59.6 Å². The molecule has 16 nitrogen and oxygen atoms in total. The van der Waals surface area contributed by atoms with Crippen LogP contribution < -0.4 is 10.6 Å². The highest BCUT2D eigenvalue weighted by Gasteiger charge is 2.38. The number of nitrogens with zero attached hydrogens (tertiary/aromatic N) is 3. The molecule has 2 aromatic rings. The molecular weight excluding hydrogens is 931 g/mol. The van der Waals surface area contributed by atoms with Crippen molar-refractivity contribution in [1.82, 2.24) is 25.4 Å². The first-order valence-corrected chi connectivity index (χ1v) is 26.5. The number of likely N-dealkylation sites (tertiary alicyclic amines) is 1. The SMILES string of the molecule is CC[C@H](C)[C@H](CC(=O)[C@H]1CCCCN1C)C(=O)N(C)[C@H](C[C@@H](OC(C)=O)c1nc(C(=O)N[C@@H](Cc2ccc(O)c(CC(=O)CCOCCNC(=O)C3=CSCS3)c2)CC(C)C(=O)O)cs1)C(C)C. The Balaban J connectivity index is 1.43. The molecule has 2 aliphatic rings. The van der Waals surface area contributed by atoms with E-state index in [0.29, 0.717) is 27.6 Å². The molecule has 1 aromatic heterocycles. The first-order chi connectivity index (χ1) is 32.3. The van der Waals surface area contributed by atoms with Crippen molar-refractivity contribution >= 4 is 76.1 Å². The van der Waals surface area contributed by atoms with Gasteiger partial charge in [-0.3, -0.25) is 38.5 Å². The highest BCUT2D eigenvalue weighted by Crippen LogP contribution is 2.34. The van der Waals surface area contributed by atoms with E-state index in [1.165, 1.54) is 24.8 Å². The molecule has 7 atom stereocenters. The number of rotatable bonds is 28. The number of aromatic hydroxyl groups is 1. The molecule has 4 N–H and O–H groups in total. The Morgan fingerprint density at radius 2 is 1.78 bits per heavy atom. The quantitative estimate of drug-likeness (QED) is 0.0509. The number of ketones is 2. The summed E-state index contributed by atoms with van der Waals surface area (Å²) >= 11 is 4.18. The molecule has 0 saturated carbocycles. The average Bonchev–Trinajstić information content (AvgIpc) is 4.03. The maximum Gasteiger partial charge on any atom is 0.306 e. The van der Waals surface area contributed by atoms with E-state index in [1.807, 2.05) is 40.2 Å². The number of hydrogen-bond acceptors (Lipinski definition) is 15. The zero-order valence-corrected chi connectivity index (χ0v) is 43.2. The Morgan fingerprint density at radius 3 is 2.43 bits per heavy atom. The van der Waals surface area contributed by atoms with Crippen molar-refractivity contribution in [1.29, 1.82) is 0 Å². The van der Waals surface area contributed by atoms with Crippen molar-refractivity contribution in [3.63, 3.8) is 0 Å². The van der Waals surface area contributed by atoms with E-state index in [-0.39, 0.29) is 104 Å². The predicted octanol–water partition coefficient (Wildman–Crippen LogP) is 6.80. The topological polar surface area (TPSA) is 222 Å². The lowest BCUT2D eigenvalue weighted by atomic mass is 9.83. The molecule has 1 unspecified atom stereocenters. The van der Waals surface area contributed by atoms with Crippen molar-refractivity contribution in [2.45, 2.75) is 130 Å². The smallest absolute Gasteiger partial charge is 0.306 e. The fourth-order valence-corrected chi connectivity index (χ4v) is 11.4. The van der Waals surface area contributed by atoms with Gasteiger partial charge in [-0.2, -0.15) is 0 Å². The molecular formula is C49H71N5O11S3. The number of nitrogens with one attached hydrogen (secondary N) is 2. The summed E-state index contributed by atoms with van der Waals surface area (Å²) in [7, 11) is 3.70. The van der Waals surface area contributed by atoms with Gasteiger partial charge in [0.1, 0.15) is 22.2 Å². The number of Topliss-reactive ketones (excluding diaryl/α,β-unsaturated/α-hetero) is 2. The number of ether oxygens (including phenoxy) is 2. The van der Waals surface area contributed by atoms with E-state index in [9.17, 15) is 43.8 Å². The van der Waals surface area contributed by atoms with Crippen LogP contribution in [0.1, 0.15) is 126 Å². The minimum atomic E-state index is -1.04. The number of piperidine rings is 1. The fraction of sp³-hybridized carbons (Fsp3) is 0.633. The van der Waals surface area contributed by atoms with Gasteiger partial charge in [0.05, 0.1) is 30.1 Å². The standard InChI is InChI=1S/C49H71N5O11S3/c1-9-30(4)37(24-42(58)39-12-10-11-17-53(39)7)48(61)54(8)40(29(2)3)25-43(65-32(6)55)47-52-38(26-67-47)45(59)51-35(20-31(5)49(62)63)22-33-13-14-41(57)34(21-33)23-36(56)15-18-64-19-16-50-46(60)44-27-66-28-68-44/h13-14,21,26-27,29-31,35,37,39-40,43,57H,9-12,15-20,22-25,28H2,1-8H3,(H,50,60)(H,51,59)(H,62,63)/t30-,31?,35+,37-,39+,40+,43+/m0/s1. The Labute approximate surface area is 413 Å². The Hall–Kier alpha value is -4.30. The number of phenols is 1. The zero-order chi connectivity index (χ0) is 50.1. The molecule has 376 valence electrons. The second-order valence-electron chi connectivity index (χ2n) is 18.4. The van der Waals surface area contributed by atoms with Crippen molar-refractivity contribution in [2.24, 2.45) is 23.7 Å². The highest BCUT2D eigenvalue weighted by atomic mass is 32.2. The Morgan fingerprint density at radius 1 is 1.03 bits per heavy atom. The molecule has 1 aromatic carbocycles. The van der Waals surface area contributed by atoms with Crippen LogP contribution in [0.5, 0.6) is 5.75 Å². The largest absolute Gasteiger partial charge is 0.508 e. The van der Waals surface area contributed by atoms with Crippen molar-refractivity contribution < 1.29 is 53.2 Å². The number of benzene rings is 1. The van der Waals surface area contributed by atoms with E-state index >= 15 is 0 Å². The summed E-state index contributed by atoms with van der Waals surface area (Å²) in [5.74, 6) is -4.13. The van der Waals surface area contributed by atoms with Gasteiger partial charge < -0.3 is 35.2 Å². The minimum Gasteiger partial charge on any atom is -0.508 e. The number of carbonyl (C=O) groups excluding carboxylic acids is 6. The van der Waals surface area contributed by atoms with E-state index in [1.54, 1.807) is 48.1 Å². The normalized spacial score (nSPS) is 17.8. The third-order valence-corrected chi connectivity index (χ3v) is 15.9. The summed E-state index contributed by atoms with van der Waals surface area (Å²) in [5.41, 5.74) is 1.07. The summed E-state index contributed by atoms with van der Waals surface area (Å²) in [5, 5.41) is 30.7. The lowest BCUT2D eigenvalue weighted by molar-refractivity contribution is -0.149. The number of carboxylic acids is 1. The molecule has 3 amide bonds. The van der Waals surface area contributed by atoms with Crippen LogP contribution in [0.2, 0.25) is 0 Å². The second-order valence-corrected chi connectivity index (χ2v) is 21.5. The Kier molecular flexibility index (Phi) is 23.0. The van der Waals surface area contributed by atoms with Crippen molar-refractivity contribution in [3.8, 4) is 5.75 Å². The van der Waals surface area contributed by atoms with Gasteiger partial charge in [0.2, 0.25) is 5.91 Å². The van der Waals surface area contributed by atoms with Crippen LogP contribution >= 0.6 is 34.9 Å². The van der Waals surface area contributed by atoms with Crippen LogP contribution in [0.4, 0.5) is 0 Å². The number of thiazole rings is 1. The first-order valence-electron chi connectivity index (χ1n) is 23.6. The predicted molar refractivity (Wildman–Crippen MR) is 265 cm³/mol. The van der Waals surface area contributed by atoms with Gasteiger partial charge in [0.25, 0.3) is 11.8 Å². The number of esters is 1. The maximum atomic E-state index is 14.4. The van der Waals surface area contributed by atoms with E-state index in [2.05, 4.69) is 20.5 Å². The van der Waals surface area contributed by atoms with Gasteiger partial charge in [-0.05, 0) is 68.1 Å². The van der Waals surface area contributed by atoms with Gasteiger partial charge in [-0.25, -0.2) is 4.98 Å². The molecule has 0 spiro atoms. The Bertz CT molecular complexity index is 2100. The first kappa shape index (κ1) is 56.3. The van der Waals surface area contributed by atoms with Crippen LogP contribution in [0.15, 0.2) is 33.9 Å². The van der Waals surface area contributed by atoms with E-state index in [4.69, 9.17) is 9.47 Å². The number of phenolic OH excluding ortho intramolecular Hbond substituents is 1. The number of aromatic nitrogens is 1. The second kappa shape index (κ2) is 27.8. The molecule has 0 radical (unpaired) electrons. The molecule has 1 saturated heterocycles. The summed E-state index contributed by atoms with van der Waals surface area (Å²) in [4.78, 5) is 100. The van der Waals surface area contributed by atoms with Crippen LogP contribution in [0, 0.1) is 23.7 Å². The number of carbonyl (C=O) groups is 7. The van der Waals surface area contributed by atoms with Gasteiger partial charge in [0, 0.05) is 80.2 Å². The summed E-state index contributed by atoms with van der Waals surface area (Å²) in [6, 6.07) is 3.47. The number of carboxylic acid groups (broad SMARTS) is 1. The van der Waals surface area contributed by atoms with E-state index < -0.39 is 47.9 Å². The zero-order valence-electron chi connectivity index (χ0n) is 40.7. The molecule has 68 heavy (non-hydrogen) atoms. The lowest BCUT2D eigenvalue weighted by Crippen LogP contribution is -2.48. The molecule has 0 aliphatic carbocycles. The molecule has 0 bridgehead atoms. The van der Waals surface area contributed by atoms with Crippen LogP contribution in [0.3, 0.4) is 0 Å². The van der Waals surface area contributed by atoms with Gasteiger partial charge in [-0.15, -0.1) is 34.9 Å². The lowest BCUT2D eigenvalue weighted by Gasteiger charge is -2.37. The number of thioether (sulfide) groups is 2.